The van der Waals surface area contributed by atoms with E-state index in [0.29, 0.717) is 30.7 Å². The highest BCUT2D eigenvalue weighted by Gasteiger charge is 2.40. The van der Waals surface area contributed by atoms with Crippen molar-refractivity contribution in [2.45, 2.75) is 77.3 Å². The largest absolute Gasteiger partial charge is 0.343 e. The first-order chi connectivity index (χ1) is 11.9. The Kier molecular flexibility index (Phi) is 5.11. The highest BCUT2D eigenvalue weighted by atomic mass is 16.5. The molecule has 0 radical (unpaired) electrons. The van der Waals surface area contributed by atoms with Crippen LogP contribution in [0.15, 0.2) is 4.52 Å². The Hall–Kier alpha value is -1.92. The van der Waals surface area contributed by atoms with E-state index in [1.165, 1.54) is 12.8 Å². The smallest absolute Gasteiger partial charge is 0.226 e. The molecule has 1 N–H and O–H groups in total. The van der Waals surface area contributed by atoms with Crippen molar-refractivity contribution in [3.8, 4) is 0 Å². The van der Waals surface area contributed by atoms with Crippen molar-refractivity contribution in [2.75, 3.05) is 6.54 Å². The SMILES string of the molecule is CCCc1nc(C(C)(C)NC(=O)C2CC(=O)N(C3CCCC3)C2)no1. The maximum absolute atomic E-state index is 12.7. The molecule has 7 heteroatoms. The molecule has 1 saturated carbocycles. The average molecular weight is 348 g/mol. The van der Waals surface area contributed by atoms with Gasteiger partial charge in [0.25, 0.3) is 0 Å². The fourth-order valence-corrected chi connectivity index (χ4v) is 3.77. The highest BCUT2D eigenvalue weighted by molar-refractivity contribution is 5.89. The number of nitrogens with one attached hydrogen (secondary N) is 1. The fraction of sp³-hybridized carbons (Fsp3) is 0.778. The molecule has 1 unspecified atom stereocenters. The van der Waals surface area contributed by atoms with Crippen LogP contribution in [-0.2, 0) is 21.5 Å². The molecule has 1 atom stereocenters. The summed E-state index contributed by atoms with van der Waals surface area (Å²) in [5.41, 5.74) is -0.726. The van der Waals surface area contributed by atoms with E-state index in [9.17, 15) is 9.59 Å². The number of nitrogens with zero attached hydrogens (tertiary/aromatic N) is 3. The molecule has 2 amide bonds. The topological polar surface area (TPSA) is 88.3 Å². The number of aromatic nitrogens is 2. The summed E-state index contributed by atoms with van der Waals surface area (Å²) in [6.07, 6.45) is 6.43. The van der Waals surface area contributed by atoms with Crippen LogP contribution in [-0.4, -0.2) is 39.4 Å². The van der Waals surface area contributed by atoms with Crippen LogP contribution in [0.25, 0.3) is 0 Å². The molecule has 2 heterocycles. The lowest BCUT2D eigenvalue weighted by Crippen LogP contribution is -2.45. The molecule has 2 aliphatic rings. The molecule has 0 aromatic carbocycles. The maximum atomic E-state index is 12.7. The van der Waals surface area contributed by atoms with E-state index >= 15 is 0 Å². The second-order valence-corrected chi connectivity index (χ2v) is 7.76. The Bertz CT molecular complexity index is 634. The van der Waals surface area contributed by atoms with E-state index in [2.05, 4.69) is 15.5 Å². The van der Waals surface area contributed by atoms with Crippen molar-refractivity contribution in [2.24, 2.45) is 5.92 Å². The molecule has 3 rings (SSSR count). The molecule has 138 valence electrons. The zero-order valence-corrected chi connectivity index (χ0v) is 15.4. The summed E-state index contributed by atoms with van der Waals surface area (Å²) in [5, 5.41) is 7.00. The van der Waals surface area contributed by atoms with Crippen molar-refractivity contribution in [3.05, 3.63) is 11.7 Å². The molecule has 0 spiro atoms. The highest BCUT2D eigenvalue weighted by Crippen LogP contribution is 2.30. The van der Waals surface area contributed by atoms with E-state index in [1.807, 2.05) is 25.7 Å². The summed E-state index contributed by atoms with van der Waals surface area (Å²) in [4.78, 5) is 31.3. The third-order valence-corrected chi connectivity index (χ3v) is 5.22. The van der Waals surface area contributed by atoms with Crippen LogP contribution in [0.2, 0.25) is 0 Å². The van der Waals surface area contributed by atoms with Gasteiger partial charge in [-0.05, 0) is 33.1 Å². The first-order valence-corrected chi connectivity index (χ1v) is 9.35. The lowest BCUT2D eigenvalue weighted by molar-refractivity contribution is -0.130. The number of carbonyl (C=O) groups excluding carboxylic acids is 2. The summed E-state index contributed by atoms with van der Waals surface area (Å²) in [6.45, 7) is 6.29. The molecule has 1 saturated heterocycles. The van der Waals surface area contributed by atoms with Crippen molar-refractivity contribution < 1.29 is 14.1 Å². The molecule has 25 heavy (non-hydrogen) atoms. The molecule has 2 fully saturated rings. The maximum Gasteiger partial charge on any atom is 0.226 e. The minimum Gasteiger partial charge on any atom is -0.343 e. The van der Waals surface area contributed by atoms with Crippen LogP contribution in [0.4, 0.5) is 0 Å². The average Bonchev–Trinajstić information content (AvgIpc) is 3.26. The zero-order chi connectivity index (χ0) is 18.0. The molecule has 0 bridgehead atoms. The van der Waals surface area contributed by atoms with Crippen LogP contribution in [0.1, 0.15) is 71.0 Å². The van der Waals surface area contributed by atoms with Crippen molar-refractivity contribution in [3.63, 3.8) is 0 Å². The minimum absolute atomic E-state index is 0.106. The van der Waals surface area contributed by atoms with Gasteiger partial charge in [0.05, 0.1) is 11.5 Å². The molecular formula is C18H28N4O3. The van der Waals surface area contributed by atoms with Crippen molar-refractivity contribution in [1.29, 1.82) is 0 Å². The lowest BCUT2D eigenvalue weighted by atomic mass is 10.0. The Labute approximate surface area is 148 Å². The number of likely N-dealkylation sites (tertiary alicyclic amines) is 1. The summed E-state index contributed by atoms with van der Waals surface area (Å²) in [5.74, 6) is 0.759. The van der Waals surface area contributed by atoms with Crippen LogP contribution in [0, 0.1) is 5.92 Å². The summed E-state index contributed by atoms with van der Waals surface area (Å²) in [7, 11) is 0. The van der Waals surface area contributed by atoms with Crippen LogP contribution >= 0.6 is 0 Å². The number of rotatable bonds is 6. The van der Waals surface area contributed by atoms with Gasteiger partial charge in [-0.3, -0.25) is 9.59 Å². The summed E-state index contributed by atoms with van der Waals surface area (Å²) in [6, 6.07) is 0.326. The first kappa shape index (κ1) is 17.9. The van der Waals surface area contributed by atoms with Gasteiger partial charge in [-0.1, -0.05) is 24.9 Å². The van der Waals surface area contributed by atoms with E-state index in [-0.39, 0.29) is 17.7 Å². The normalized spacial score (nSPS) is 22.0. The van der Waals surface area contributed by atoms with Gasteiger partial charge in [0.1, 0.15) is 0 Å². The van der Waals surface area contributed by atoms with E-state index < -0.39 is 5.54 Å². The monoisotopic (exact) mass is 348 g/mol. The zero-order valence-electron chi connectivity index (χ0n) is 15.4. The van der Waals surface area contributed by atoms with Gasteiger partial charge in [-0.25, -0.2) is 0 Å². The number of aryl methyl sites for hydroxylation is 1. The Morgan fingerprint density at radius 3 is 2.76 bits per heavy atom. The van der Waals surface area contributed by atoms with Gasteiger partial charge < -0.3 is 14.7 Å². The Morgan fingerprint density at radius 1 is 1.36 bits per heavy atom. The van der Waals surface area contributed by atoms with Crippen molar-refractivity contribution in [1.82, 2.24) is 20.4 Å². The quantitative estimate of drug-likeness (QED) is 0.851. The molecule has 1 aliphatic heterocycles. The van der Waals surface area contributed by atoms with E-state index in [1.54, 1.807) is 0 Å². The van der Waals surface area contributed by atoms with Crippen molar-refractivity contribution >= 4 is 11.8 Å². The number of hydrogen-bond donors (Lipinski definition) is 1. The summed E-state index contributed by atoms with van der Waals surface area (Å²) < 4.78 is 5.23. The Morgan fingerprint density at radius 2 is 2.08 bits per heavy atom. The first-order valence-electron chi connectivity index (χ1n) is 9.35. The minimum atomic E-state index is -0.726. The third-order valence-electron chi connectivity index (χ3n) is 5.22. The van der Waals surface area contributed by atoms with Gasteiger partial charge in [0, 0.05) is 25.4 Å². The van der Waals surface area contributed by atoms with Gasteiger partial charge in [-0.15, -0.1) is 0 Å². The second kappa shape index (κ2) is 7.14. The molecule has 1 aliphatic carbocycles. The third kappa shape index (κ3) is 3.85. The fourth-order valence-electron chi connectivity index (χ4n) is 3.77. The number of carbonyl (C=O) groups is 2. The van der Waals surface area contributed by atoms with Gasteiger partial charge in [0.2, 0.25) is 17.7 Å². The molecular weight excluding hydrogens is 320 g/mol. The molecule has 1 aromatic rings. The number of amides is 2. The predicted octanol–water partition coefficient (Wildman–Crippen LogP) is 2.16. The Balaban J connectivity index is 1.61. The van der Waals surface area contributed by atoms with Crippen LogP contribution < -0.4 is 5.32 Å². The molecule has 1 aromatic heterocycles. The molecule has 7 nitrogen and oxygen atoms in total. The standard InChI is InChI=1S/C18H28N4O3/c1-4-7-14-19-17(21-25-14)18(2,3)20-16(24)12-10-15(23)22(11-12)13-8-5-6-9-13/h12-13H,4-11H2,1-3H3,(H,20,24). The van der Waals surface area contributed by atoms with E-state index in [4.69, 9.17) is 4.52 Å². The van der Waals surface area contributed by atoms with Crippen LogP contribution in [0.3, 0.4) is 0 Å². The predicted molar refractivity (Wildman–Crippen MR) is 91.5 cm³/mol. The second-order valence-electron chi connectivity index (χ2n) is 7.76. The van der Waals surface area contributed by atoms with Gasteiger partial charge >= 0.3 is 0 Å². The summed E-state index contributed by atoms with van der Waals surface area (Å²) >= 11 is 0. The van der Waals surface area contributed by atoms with Crippen LogP contribution in [0.5, 0.6) is 0 Å². The van der Waals surface area contributed by atoms with Gasteiger partial charge in [-0.2, -0.15) is 4.98 Å². The van der Waals surface area contributed by atoms with E-state index in [0.717, 1.165) is 25.7 Å². The lowest BCUT2D eigenvalue weighted by Gasteiger charge is -2.26. The van der Waals surface area contributed by atoms with Gasteiger partial charge in [0.15, 0.2) is 5.82 Å². The number of hydrogen-bond acceptors (Lipinski definition) is 5.